The number of fused-ring (bicyclic) bond motifs is 1. The van der Waals surface area contributed by atoms with Gasteiger partial charge in [-0.3, -0.25) is 0 Å². The fourth-order valence-corrected chi connectivity index (χ4v) is 2.11. The predicted molar refractivity (Wildman–Crippen MR) is 69.0 cm³/mol. The number of anilines is 1. The Kier molecular flexibility index (Phi) is 4.97. The highest BCUT2D eigenvalue weighted by Crippen LogP contribution is 2.27. The van der Waals surface area contributed by atoms with Gasteiger partial charge in [-0.15, -0.1) is 0 Å². The van der Waals surface area contributed by atoms with Crippen LogP contribution in [0.2, 0.25) is 5.02 Å². The molecule has 0 aliphatic carbocycles. The van der Waals surface area contributed by atoms with Crippen molar-refractivity contribution in [1.29, 1.82) is 0 Å². The maximum absolute atomic E-state index is 5.96. The fourth-order valence-electron chi connectivity index (χ4n) is 1.91. The van der Waals surface area contributed by atoms with Crippen molar-refractivity contribution in [2.75, 3.05) is 18.5 Å². The van der Waals surface area contributed by atoms with E-state index in [1.54, 1.807) is 0 Å². The largest absolute Gasteiger partial charge is 0.374 e. The van der Waals surface area contributed by atoms with E-state index < -0.39 is 0 Å². The second-order valence-electron chi connectivity index (χ2n) is 3.65. The van der Waals surface area contributed by atoms with Gasteiger partial charge in [-0.05, 0) is 43.0 Å². The van der Waals surface area contributed by atoms with Crippen LogP contribution >= 0.6 is 11.6 Å². The minimum atomic E-state index is 0.856. The number of hydrogen-bond acceptors (Lipinski definition) is 1. The lowest BCUT2D eigenvalue weighted by atomic mass is 10.1. The molecular weight excluding hydrogens is 206 g/mol. The summed E-state index contributed by atoms with van der Waals surface area (Å²) in [5, 5.41) is 0.856. The van der Waals surface area contributed by atoms with Gasteiger partial charge in [0, 0.05) is 24.3 Å². The first-order valence-corrected chi connectivity index (χ1v) is 6.15. The summed E-state index contributed by atoms with van der Waals surface area (Å²) >= 11 is 5.96. The van der Waals surface area contributed by atoms with Gasteiger partial charge in [-0.2, -0.15) is 0 Å². The zero-order valence-corrected chi connectivity index (χ0v) is 10.6. The molecule has 0 aromatic heterocycles. The van der Waals surface area contributed by atoms with E-state index in [2.05, 4.69) is 24.1 Å². The molecule has 0 atom stereocenters. The third kappa shape index (κ3) is 3.13. The molecule has 0 saturated carbocycles. The van der Waals surface area contributed by atoms with Crippen molar-refractivity contribution in [2.24, 2.45) is 0 Å². The molecule has 2 rings (SSSR count). The molecule has 0 radical (unpaired) electrons. The lowest BCUT2D eigenvalue weighted by Crippen LogP contribution is -2.17. The van der Waals surface area contributed by atoms with Gasteiger partial charge in [0.25, 0.3) is 0 Å². The quantitative estimate of drug-likeness (QED) is 0.642. The normalized spacial score (nSPS) is 14.8. The second-order valence-corrected chi connectivity index (χ2v) is 4.09. The molecule has 1 aromatic rings. The van der Waals surface area contributed by atoms with Crippen LogP contribution in [0.1, 0.15) is 32.3 Å². The van der Waals surface area contributed by atoms with E-state index in [0.29, 0.717) is 0 Å². The maximum Gasteiger partial charge on any atom is 0.0410 e. The average Bonchev–Trinajstić information content (AvgIpc) is 2.43. The first-order valence-electron chi connectivity index (χ1n) is 5.77. The molecule has 84 valence electrons. The van der Waals surface area contributed by atoms with Gasteiger partial charge in [-0.1, -0.05) is 25.4 Å². The first kappa shape index (κ1) is 12.4. The number of halogens is 1. The maximum atomic E-state index is 5.96. The highest BCUT2D eigenvalue weighted by Gasteiger charge is 2.11. The van der Waals surface area contributed by atoms with Crippen LogP contribution in [0.5, 0.6) is 0 Å². The van der Waals surface area contributed by atoms with Crippen LogP contribution in [-0.4, -0.2) is 13.6 Å². The number of benzene rings is 1. The molecule has 0 unspecified atom stereocenters. The summed E-state index contributed by atoms with van der Waals surface area (Å²) in [5.41, 5.74) is 2.74. The van der Waals surface area contributed by atoms with Gasteiger partial charge < -0.3 is 4.90 Å². The molecule has 0 N–H and O–H groups in total. The molecule has 0 fully saturated rings. The summed E-state index contributed by atoms with van der Waals surface area (Å²) < 4.78 is 0. The van der Waals surface area contributed by atoms with Gasteiger partial charge in [-0.25, -0.2) is 0 Å². The molecule has 1 aromatic carbocycles. The van der Waals surface area contributed by atoms with E-state index in [1.807, 2.05) is 19.9 Å². The van der Waals surface area contributed by atoms with Gasteiger partial charge in [0.15, 0.2) is 0 Å². The van der Waals surface area contributed by atoms with Crippen LogP contribution in [0.15, 0.2) is 18.2 Å². The molecule has 0 amide bonds. The Morgan fingerprint density at radius 1 is 1.20 bits per heavy atom. The standard InChI is InChI=1S/C11H14ClN.C2H6/c1-13-7-3-2-4-9-8-10(12)5-6-11(9)13;1-2/h5-6,8H,2-4,7H2,1H3;1-2H3. The third-order valence-electron chi connectivity index (χ3n) is 2.64. The Labute approximate surface area is 98.0 Å². The molecular formula is C13H20ClN. The topological polar surface area (TPSA) is 3.24 Å². The van der Waals surface area contributed by atoms with Crippen molar-refractivity contribution in [1.82, 2.24) is 0 Å². The lowest BCUT2D eigenvalue weighted by molar-refractivity contribution is 0.750. The Morgan fingerprint density at radius 3 is 2.67 bits per heavy atom. The molecule has 1 nitrogen and oxygen atoms in total. The minimum absolute atomic E-state index is 0.856. The molecule has 0 saturated heterocycles. The molecule has 15 heavy (non-hydrogen) atoms. The van der Waals surface area contributed by atoms with Crippen molar-refractivity contribution < 1.29 is 0 Å². The van der Waals surface area contributed by atoms with Gasteiger partial charge in [0.1, 0.15) is 0 Å². The molecule has 1 aliphatic heterocycles. The molecule has 1 aliphatic rings. The summed E-state index contributed by atoms with van der Waals surface area (Å²) in [6.45, 7) is 5.16. The second kappa shape index (κ2) is 6.02. The van der Waals surface area contributed by atoms with E-state index in [-0.39, 0.29) is 0 Å². The van der Waals surface area contributed by atoms with E-state index in [9.17, 15) is 0 Å². The summed E-state index contributed by atoms with van der Waals surface area (Å²) in [5.74, 6) is 0. The monoisotopic (exact) mass is 225 g/mol. The summed E-state index contributed by atoms with van der Waals surface area (Å²) in [4.78, 5) is 2.32. The average molecular weight is 226 g/mol. The Balaban J connectivity index is 0.000000531. The molecule has 2 heteroatoms. The Morgan fingerprint density at radius 2 is 1.93 bits per heavy atom. The fraction of sp³-hybridized carbons (Fsp3) is 0.538. The zero-order valence-electron chi connectivity index (χ0n) is 9.89. The van der Waals surface area contributed by atoms with Gasteiger partial charge in [0.05, 0.1) is 0 Å². The van der Waals surface area contributed by atoms with Crippen LogP contribution in [0, 0.1) is 0 Å². The summed E-state index contributed by atoms with van der Waals surface area (Å²) in [6.07, 6.45) is 3.72. The number of aryl methyl sites for hydroxylation is 1. The number of nitrogens with zero attached hydrogens (tertiary/aromatic N) is 1. The van der Waals surface area contributed by atoms with E-state index in [1.165, 1.54) is 30.5 Å². The van der Waals surface area contributed by atoms with Crippen LogP contribution in [0.3, 0.4) is 0 Å². The highest BCUT2D eigenvalue weighted by atomic mass is 35.5. The Bertz CT molecular complexity index is 309. The van der Waals surface area contributed by atoms with E-state index in [0.717, 1.165) is 11.6 Å². The van der Waals surface area contributed by atoms with Crippen molar-refractivity contribution in [2.45, 2.75) is 33.1 Å². The van der Waals surface area contributed by atoms with Crippen molar-refractivity contribution in [3.05, 3.63) is 28.8 Å². The van der Waals surface area contributed by atoms with Crippen LogP contribution in [0.4, 0.5) is 5.69 Å². The van der Waals surface area contributed by atoms with Crippen LogP contribution in [0.25, 0.3) is 0 Å². The van der Waals surface area contributed by atoms with Crippen LogP contribution in [-0.2, 0) is 6.42 Å². The van der Waals surface area contributed by atoms with E-state index in [4.69, 9.17) is 11.6 Å². The number of hydrogen-bond donors (Lipinski definition) is 0. The minimum Gasteiger partial charge on any atom is -0.374 e. The van der Waals surface area contributed by atoms with Crippen molar-refractivity contribution in [3.63, 3.8) is 0 Å². The van der Waals surface area contributed by atoms with Gasteiger partial charge >= 0.3 is 0 Å². The van der Waals surface area contributed by atoms with Gasteiger partial charge in [0.2, 0.25) is 0 Å². The predicted octanol–water partition coefficient (Wildman–Crippen LogP) is 4.14. The molecule has 1 heterocycles. The highest BCUT2D eigenvalue weighted by molar-refractivity contribution is 6.30. The van der Waals surface area contributed by atoms with Crippen molar-refractivity contribution in [3.8, 4) is 0 Å². The van der Waals surface area contributed by atoms with Crippen molar-refractivity contribution >= 4 is 17.3 Å². The first-order chi connectivity index (χ1) is 7.27. The smallest absolute Gasteiger partial charge is 0.0410 e. The lowest BCUT2D eigenvalue weighted by Gasteiger charge is -2.19. The molecule has 0 spiro atoms. The third-order valence-corrected chi connectivity index (χ3v) is 2.88. The summed E-state index contributed by atoms with van der Waals surface area (Å²) in [7, 11) is 2.15. The molecule has 0 bridgehead atoms. The summed E-state index contributed by atoms with van der Waals surface area (Å²) in [6, 6.07) is 6.20. The Hall–Kier alpha value is -0.690. The van der Waals surface area contributed by atoms with Crippen LogP contribution < -0.4 is 4.90 Å². The SMILES string of the molecule is CC.CN1CCCCc2cc(Cl)ccc21. The zero-order chi connectivity index (χ0) is 11.3. The van der Waals surface area contributed by atoms with E-state index >= 15 is 0 Å². The number of rotatable bonds is 0.